The lowest BCUT2D eigenvalue weighted by molar-refractivity contribution is 0.102. The fraction of sp³-hybridized carbons (Fsp3) is 0.136. The number of rotatable bonds is 7. The summed E-state index contributed by atoms with van der Waals surface area (Å²) >= 11 is 6.88. The van der Waals surface area contributed by atoms with E-state index in [0.717, 1.165) is 10.0 Å². The second kappa shape index (κ2) is 9.75. The molecule has 1 N–H and O–H groups in total. The van der Waals surface area contributed by atoms with Crippen molar-refractivity contribution in [3.63, 3.8) is 0 Å². The molecule has 3 rings (SSSR count). The Morgan fingerprint density at radius 3 is 2.36 bits per heavy atom. The van der Waals surface area contributed by atoms with E-state index in [9.17, 15) is 4.79 Å². The third kappa shape index (κ3) is 5.36. The number of benzene rings is 3. The predicted octanol–water partition coefficient (Wildman–Crippen LogP) is 6.44. The predicted molar refractivity (Wildman–Crippen MR) is 118 cm³/mol. The summed E-state index contributed by atoms with van der Waals surface area (Å²) in [7, 11) is 0. The normalized spacial score (nSPS) is 10.4. The van der Waals surface area contributed by atoms with Crippen molar-refractivity contribution in [2.24, 2.45) is 0 Å². The largest absolute Gasteiger partial charge is 0.489 e. The topological polar surface area (TPSA) is 47.6 Å². The van der Waals surface area contributed by atoms with E-state index in [2.05, 4.69) is 37.2 Å². The Morgan fingerprint density at radius 2 is 1.68 bits per heavy atom. The van der Waals surface area contributed by atoms with Crippen molar-refractivity contribution in [3.8, 4) is 11.5 Å². The van der Waals surface area contributed by atoms with E-state index in [4.69, 9.17) is 9.47 Å². The van der Waals surface area contributed by atoms with Crippen molar-refractivity contribution in [2.45, 2.75) is 13.5 Å². The summed E-state index contributed by atoms with van der Waals surface area (Å²) < 4.78 is 13.3. The number of hydrogen-bond acceptors (Lipinski definition) is 3. The Hall–Kier alpha value is -2.31. The molecule has 0 aromatic heterocycles. The number of anilines is 1. The molecule has 0 spiro atoms. The minimum atomic E-state index is -0.226. The number of halogens is 2. The highest BCUT2D eigenvalue weighted by molar-refractivity contribution is 9.10. The number of hydrogen-bond donors (Lipinski definition) is 1. The highest BCUT2D eigenvalue weighted by Crippen LogP contribution is 2.37. The summed E-state index contributed by atoms with van der Waals surface area (Å²) in [4.78, 5) is 12.7. The zero-order valence-corrected chi connectivity index (χ0v) is 18.4. The molecule has 28 heavy (non-hydrogen) atoms. The van der Waals surface area contributed by atoms with Crippen LogP contribution in [0.4, 0.5) is 5.69 Å². The smallest absolute Gasteiger partial charge is 0.255 e. The van der Waals surface area contributed by atoms with Gasteiger partial charge in [0.05, 0.1) is 11.1 Å². The first-order chi connectivity index (χ1) is 13.6. The van der Waals surface area contributed by atoms with Crippen LogP contribution in [0.3, 0.4) is 0 Å². The van der Waals surface area contributed by atoms with Gasteiger partial charge in [-0.15, -0.1) is 0 Å². The Kier molecular flexibility index (Phi) is 7.12. The first-order valence-corrected chi connectivity index (χ1v) is 10.4. The molecule has 0 atom stereocenters. The fourth-order valence-corrected chi connectivity index (χ4v) is 3.38. The van der Waals surface area contributed by atoms with Crippen molar-refractivity contribution >= 4 is 43.5 Å². The van der Waals surface area contributed by atoms with Crippen LogP contribution in [0.25, 0.3) is 0 Å². The molecule has 3 aromatic rings. The molecule has 0 aliphatic rings. The van der Waals surface area contributed by atoms with Crippen LogP contribution in [0.5, 0.6) is 11.5 Å². The molecule has 3 aromatic carbocycles. The summed E-state index contributed by atoms with van der Waals surface area (Å²) in [5, 5.41) is 2.89. The molecule has 0 aliphatic heterocycles. The second-order valence-corrected chi connectivity index (χ2v) is 7.72. The van der Waals surface area contributed by atoms with Crippen LogP contribution < -0.4 is 14.8 Å². The van der Waals surface area contributed by atoms with Crippen LogP contribution in [0.1, 0.15) is 22.8 Å². The van der Waals surface area contributed by atoms with Crippen LogP contribution in [-0.2, 0) is 6.61 Å². The van der Waals surface area contributed by atoms with Gasteiger partial charge >= 0.3 is 0 Å². The molecular weight excluding hydrogens is 486 g/mol. The SMILES string of the molecule is CCOc1c(Br)cc(C(=O)Nc2ccc(Br)cc2)cc1OCc1ccccc1. The molecule has 0 fully saturated rings. The molecule has 0 bridgehead atoms. The average Bonchev–Trinajstić information content (AvgIpc) is 2.70. The summed E-state index contributed by atoms with van der Waals surface area (Å²) in [6, 6.07) is 20.7. The maximum atomic E-state index is 12.7. The van der Waals surface area contributed by atoms with E-state index < -0.39 is 0 Å². The molecule has 0 saturated carbocycles. The van der Waals surface area contributed by atoms with E-state index in [1.165, 1.54) is 0 Å². The quantitative estimate of drug-likeness (QED) is 0.402. The Labute approximate surface area is 181 Å². The van der Waals surface area contributed by atoms with Gasteiger partial charge in [0.15, 0.2) is 11.5 Å². The highest BCUT2D eigenvalue weighted by atomic mass is 79.9. The number of carbonyl (C=O) groups is 1. The monoisotopic (exact) mass is 503 g/mol. The summed E-state index contributed by atoms with van der Waals surface area (Å²) in [6.07, 6.45) is 0. The zero-order chi connectivity index (χ0) is 19.9. The van der Waals surface area contributed by atoms with Crippen LogP contribution in [0, 0.1) is 0 Å². The standard InChI is InChI=1S/C22H19Br2NO3/c1-2-27-21-19(24)12-16(22(26)25-18-10-8-17(23)9-11-18)13-20(21)28-14-15-6-4-3-5-7-15/h3-13H,2,14H2,1H3,(H,25,26). The van der Waals surface area contributed by atoms with Gasteiger partial charge in [-0.05, 0) is 64.8 Å². The summed E-state index contributed by atoms with van der Waals surface area (Å²) in [6.45, 7) is 2.78. The molecule has 144 valence electrons. The van der Waals surface area contributed by atoms with Crippen LogP contribution in [0.15, 0.2) is 75.7 Å². The van der Waals surface area contributed by atoms with Crippen molar-refractivity contribution in [1.29, 1.82) is 0 Å². The zero-order valence-electron chi connectivity index (χ0n) is 15.2. The third-order valence-electron chi connectivity index (χ3n) is 3.90. The lowest BCUT2D eigenvalue weighted by atomic mass is 10.1. The first-order valence-electron chi connectivity index (χ1n) is 8.77. The Morgan fingerprint density at radius 1 is 0.964 bits per heavy atom. The number of nitrogens with one attached hydrogen (secondary N) is 1. The average molecular weight is 505 g/mol. The summed E-state index contributed by atoms with van der Waals surface area (Å²) in [5.74, 6) is 0.871. The highest BCUT2D eigenvalue weighted by Gasteiger charge is 2.16. The van der Waals surface area contributed by atoms with Crippen molar-refractivity contribution in [1.82, 2.24) is 0 Å². The first kappa shape index (κ1) is 20.4. The van der Waals surface area contributed by atoms with Crippen molar-refractivity contribution < 1.29 is 14.3 Å². The lowest BCUT2D eigenvalue weighted by Crippen LogP contribution is -2.12. The third-order valence-corrected chi connectivity index (χ3v) is 5.02. The van der Waals surface area contributed by atoms with Crippen LogP contribution >= 0.6 is 31.9 Å². The van der Waals surface area contributed by atoms with Gasteiger partial charge in [0, 0.05) is 15.7 Å². The van der Waals surface area contributed by atoms with E-state index in [1.807, 2.05) is 61.5 Å². The number of amides is 1. The van der Waals surface area contributed by atoms with E-state index in [1.54, 1.807) is 12.1 Å². The Balaban J connectivity index is 1.83. The van der Waals surface area contributed by atoms with Crippen molar-refractivity contribution in [3.05, 3.63) is 86.8 Å². The van der Waals surface area contributed by atoms with Gasteiger partial charge in [0.25, 0.3) is 5.91 Å². The van der Waals surface area contributed by atoms with E-state index in [-0.39, 0.29) is 5.91 Å². The molecule has 4 nitrogen and oxygen atoms in total. The van der Waals surface area contributed by atoms with E-state index >= 15 is 0 Å². The van der Waals surface area contributed by atoms with Crippen LogP contribution in [-0.4, -0.2) is 12.5 Å². The molecule has 1 amide bonds. The number of ether oxygens (including phenoxy) is 2. The maximum absolute atomic E-state index is 12.7. The minimum absolute atomic E-state index is 0.226. The molecule has 0 saturated heterocycles. The van der Waals surface area contributed by atoms with Gasteiger partial charge in [0.2, 0.25) is 0 Å². The van der Waals surface area contributed by atoms with Gasteiger partial charge in [-0.25, -0.2) is 0 Å². The van der Waals surface area contributed by atoms with Crippen LogP contribution in [0.2, 0.25) is 0 Å². The summed E-state index contributed by atoms with van der Waals surface area (Å²) in [5.41, 5.74) is 2.22. The minimum Gasteiger partial charge on any atom is -0.489 e. The van der Waals surface area contributed by atoms with E-state index in [0.29, 0.717) is 40.4 Å². The van der Waals surface area contributed by atoms with Gasteiger partial charge in [-0.2, -0.15) is 0 Å². The fourth-order valence-electron chi connectivity index (χ4n) is 2.56. The molecule has 6 heteroatoms. The number of carbonyl (C=O) groups excluding carboxylic acids is 1. The lowest BCUT2D eigenvalue weighted by Gasteiger charge is -2.15. The Bertz CT molecular complexity index is 944. The molecule has 0 unspecified atom stereocenters. The molecule has 0 heterocycles. The molecule has 0 aliphatic carbocycles. The van der Waals surface area contributed by atoms with Gasteiger partial charge in [-0.1, -0.05) is 46.3 Å². The van der Waals surface area contributed by atoms with Crippen molar-refractivity contribution in [2.75, 3.05) is 11.9 Å². The second-order valence-electron chi connectivity index (χ2n) is 5.95. The maximum Gasteiger partial charge on any atom is 0.255 e. The van der Waals surface area contributed by atoms with Gasteiger partial charge < -0.3 is 14.8 Å². The molecule has 0 radical (unpaired) electrons. The van der Waals surface area contributed by atoms with Gasteiger partial charge in [-0.3, -0.25) is 4.79 Å². The molecular formula is C22H19Br2NO3. The van der Waals surface area contributed by atoms with Gasteiger partial charge in [0.1, 0.15) is 6.61 Å².